The van der Waals surface area contributed by atoms with Gasteiger partial charge in [0.25, 0.3) is 5.56 Å². The molecule has 0 aliphatic carbocycles. The van der Waals surface area contributed by atoms with Gasteiger partial charge < -0.3 is 4.57 Å². The first-order valence-electron chi connectivity index (χ1n) is 6.61. The monoisotopic (exact) mass is 256 g/mol. The Morgan fingerprint density at radius 1 is 1.00 bits per heavy atom. The zero-order chi connectivity index (χ0) is 13.7. The molecule has 2 aromatic rings. The van der Waals surface area contributed by atoms with E-state index in [1.807, 2.05) is 25.3 Å². The van der Waals surface area contributed by atoms with Crippen molar-refractivity contribution in [2.75, 3.05) is 7.05 Å². The lowest BCUT2D eigenvalue weighted by atomic mass is 10.2. The molecule has 3 heteroatoms. The molecule has 0 spiro atoms. The normalized spacial score (nSPS) is 10.9. The minimum atomic E-state index is 0.0666. The highest BCUT2D eigenvalue weighted by molar-refractivity contribution is 5.15. The van der Waals surface area contributed by atoms with E-state index in [1.165, 1.54) is 11.1 Å². The van der Waals surface area contributed by atoms with Gasteiger partial charge in [-0.05, 0) is 25.1 Å². The van der Waals surface area contributed by atoms with Crippen LogP contribution in [-0.2, 0) is 19.6 Å². The Kier molecular flexibility index (Phi) is 4.53. The molecule has 0 bridgehead atoms. The lowest BCUT2D eigenvalue weighted by Crippen LogP contribution is -2.21. The Morgan fingerprint density at radius 2 is 1.68 bits per heavy atom. The van der Waals surface area contributed by atoms with Gasteiger partial charge in [-0.3, -0.25) is 9.69 Å². The minimum absolute atomic E-state index is 0.0666. The van der Waals surface area contributed by atoms with E-state index in [4.69, 9.17) is 0 Å². The van der Waals surface area contributed by atoms with Gasteiger partial charge in [0.15, 0.2) is 0 Å². The number of hydrogen-bond donors (Lipinski definition) is 0. The van der Waals surface area contributed by atoms with E-state index in [1.54, 1.807) is 10.6 Å². The largest absolute Gasteiger partial charge is 0.315 e. The van der Waals surface area contributed by atoms with Gasteiger partial charge in [0, 0.05) is 31.9 Å². The number of rotatable bonds is 5. The molecule has 0 radical (unpaired) electrons. The van der Waals surface area contributed by atoms with Crippen LogP contribution in [0.4, 0.5) is 0 Å². The fourth-order valence-corrected chi connectivity index (χ4v) is 2.18. The topological polar surface area (TPSA) is 25.2 Å². The van der Waals surface area contributed by atoms with Gasteiger partial charge in [-0.25, -0.2) is 0 Å². The van der Waals surface area contributed by atoms with Crippen LogP contribution in [0.2, 0.25) is 0 Å². The molecular formula is C16H20N2O. The van der Waals surface area contributed by atoms with Crippen LogP contribution >= 0.6 is 0 Å². The van der Waals surface area contributed by atoms with Crippen molar-refractivity contribution in [3.8, 4) is 0 Å². The molecule has 1 aromatic carbocycles. The number of hydrogen-bond acceptors (Lipinski definition) is 2. The van der Waals surface area contributed by atoms with Gasteiger partial charge in [0.2, 0.25) is 0 Å². The lowest BCUT2D eigenvalue weighted by molar-refractivity contribution is 0.318. The highest BCUT2D eigenvalue weighted by Gasteiger charge is 2.03. The van der Waals surface area contributed by atoms with Crippen molar-refractivity contribution in [2.24, 2.45) is 0 Å². The number of nitrogens with zero attached hydrogens (tertiary/aromatic N) is 2. The SMILES string of the molecule is CCn1cc(CN(C)Cc2ccccc2)ccc1=O. The first-order chi connectivity index (χ1) is 9.19. The van der Waals surface area contributed by atoms with Crippen LogP contribution in [0, 0.1) is 0 Å². The van der Waals surface area contributed by atoms with Gasteiger partial charge >= 0.3 is 0 Å². The second-order valence-corrected chi connectivity index (χ2v) is 4.82. The fraction of sp³-hybridized carbons (Fsp3) is 0.312. The molecule has 0 aliphatic rings. The van der Waals surface area contributed by atoms with Gasteiger partial charge in [0.05, 0.1) is 0 Å². The van der Waals surface area contributed by atoms with E-state index in [-0.39, 0.29) is 5.56 Å². The highest BCUT2D eigenvalue weighted by atomic mass is 16.1. The van der Waals surface area contributed by atoms with Gasteiger partial charge in [-0.15, -0.1) is 0 Å². The molecule has 0 atom stereocenters. The second-order valence-electron chi connectivity index (χ2n) is 4.82. The van der Waals surface area contributed by atoms with Crippen LogP contribution in [0.3, 0.4) is 0 Å². The molecule has 2 rings (SSSR count). The van der Waals surface area contributed by atoms with Crippen molar-refractivity contribution >= 4 is 0 Å². The number of benzene rings is 1. The Balaban J connectivity index is 2.03. The summed E-state index contributed by atoms with van der Waals surface area (Å²) in [6.07, 6.45) is 1.95. The van der Waals surface area contributed by atoms with Crippen LogP contribution < -0.4 is 5.56 Å². The first-order valence-corrected chi connectivity index (χ1v) is 6.61. The summed E-state index contributed by atoms with van der Waals surface area (Å²) in [7, 11) is 2.09. The molecule has 1 aromatic heterocycles. The fourth-order valence-electron chi connectivity index (χ4n) is 2.18. The predicted molar refractivity (Wildman–Crippen MR) is 78.0 cm³/mol. The highest BCUT2D eigenvalue weighted by Crippen LogP contribution is 2.06. The predicted octanol–water partition coefficient (Wildman–Crippen LogP) is 2.50. The van der Waals surface area contributed by atoms with E-state index in [0.717, 1.165) is 19.6 Å². The van der Waals surface area contributed by atoms with Crippen LogP contribution in [0.1, 0.15) is 18.1 Å². The molecule has 0 unspecified atom stereocenters. The molecular weight excluding hydrogens is 236 g/mol. The summed E-state index contributed by atoms with van der Waals surface area (Å²) in [6.45, 7) is 4.45. The van der Waals surface area contributed by atoms with Crippen molar-refractivity contribution in [1.82, 2.24) is 9.47 Å². The third-order valence-electron chi connectivity index (χ3n) is 3.13. The van der Waals surface area contributed by atoms with E-state index in [2.05, 4.69) is 36.2 Å². The molecule has 19 heavy (non-hydrogen) atoms. The van der Waals surface area contributed by atoms with Gasteiger partial charge in [-0.1, -0.05) is 36.4 Å². The Labute approximate surface area is 114 Å². The quantitative estimate of drug-likeness (QED) is 0.821. The number of aryl methyl sites for hydroxylation is 1. The maximum Gasteiger partial charge on any atom is 0.250 e. The molecule has 3 nitrogen and oxygen atoms in total. The summed E-state index contributed by atoms with van der Waals surface area (Å²) in [5.74, 6) is 0. The van der Waals surface area contributed by atoms with E-state index >= 15 is 0 Å². The molecule has 0 amide bonds. The Morgan fingerprint density at radius 3 is 2.37 bits per heavy atom. The van der Waals surface area contributed by atoms with E-state index < -0.39 is 0 Å². The van der Waals surface area contributed by atoms with Crippen molar-refractivity contribution < 1.29 is 0 Å². The molecule has 0 saturated heterocycles. The summed E-state index contributed by atoms with van der Waals surface area (Å²) >= 11 is 0. The standard InChI is InChI=1S/C16H20N2O/c1-3-18-13-15(9-10-16(18)19)12-17(2)11-14-7-5-4-6-8-14/h4-10,13H,3,11-12H2,1-2H3. The summed E-state index contributed by atoms with van der Waals surface area (Å²) in [6, 6.07) is 14.0. The maximum absolute atomic E-state index is 11.5. The van der Waals surface area contributed by atoms with Crippen LogP contribution in [0.15, 0.2) is 53.5 Å². The summed E-state index contributed by atoms with van der Waals surface area (Å²) in [5, 5.41) is 0. The van der Waals surface area contributed by atoms with Crippen molar-refractivity contribution in [1.29, 1.82) is 0 Å². The van der Waals surface area contributed by atoms with E-state index in [9.17, 15) is 4.79 Å². The zero-order valence-electron chi connectivity index (χ0n) is 11.5. The minimum Gasteiger partial charge on any atom is -0.315 e. The molecule has 0 N–H and O–H groups in total. The third-order valence-corrected chi connectivity index (χ3v) is 3.13. The average Bonchev–Trinajstić information content (AvgIpc) is 2.42. The molecule has 0 aliphatic heterocycles. The third kappa shape index (κ3) is 3.80. The molecule has 100 valence electrons. The van der Waals surface area contributed by atoms with Crippen LogP contribution in [0.25, 0.3) is 0 Å². The number of pyridine rings is 1. The summed E-state index contributed by atoms with van der Waals surface area (Å²) < 4.78 is 1.74. The van der Waals surface area contributed by atoms with Crippen molar-refractivity contribution in [3.05, 3.63) is 70.1 Å². The molecule has 1 heterocycles. The zero-order valence-corrected chi connectivity index (χ0v) is 11.5. The lowest BCUT2D eigenvalue weighted by Gasteiger charge is -2.17. The van der Waals surface area contributed by atoms with Gasteiger partial charge in [0.1, 0.15) is 0 Å². The molecule has 0 saturated carbocycles. The smallest absolute Gasteiger partial charge is 0.250 e. The summed E-state index contributed by atoms with van der Waals surface area (Å²) in [5.41, 5.74) is 2.53. The van der Waals surface area contributed by atoms with Crippen LogP contribution in [-0.4, -0.2) is 16.5 Å². The van der Waals surface area contributed by atoms with Gasteiger partial charge in [-0.2, -0.15) is 0 Å². The Bertz CT molecular complexity index is 575. The maximum atomic E-state index is 11.5. The van der Waals surface area contributed by atoms with E-state index in [0.29, 0.717) is 0 Å². The second kappa shape index (κ2) is 6.34. The average molecular weight is 256 g/mol. The van der Waals surface area contributed by atoms with Crippen LogP contribution in [0.5, 0.6) is 0 Å². The van der Waals surface area contributed by atoms with Crippen molar-refractivity contribution in [3.63, 3.8) is 0 Å². The Hall–Kier alpha value is -1.87. The first kappa shape index (κ1) is 13.6. The molecule has 0 fully saturated rings. The summed E-state index contributed by atoms with van der Waals surface area (Å²) in [4.78, 5) is 13.8. The number of aromatic nitrogens is 1. The van der Waals surface area contributed by atoms with Crippen molar-refractivity contribution in [2.45, 2.75) is 26.6 Å².